The summed E-state index contributed by atoms with van der Waals surface area (Å²) < 4.78 is 0. The van der Waals surface area contributed by atoms with Crippen molar-refractivity contribution in [2.75, 3.05) is 16.4 Å². The van der Waals surface area contributed by atoms with Crippen molar-refractivity contribution in [2.24, 2.45) is 0 Å². The molecule has 0 atom stereocenters. The number of nitrogens with zero attached hydrogens (tertiary/aromatic N) is 1. The summed E-state index contributed by atoms with van der Waals surface area (Å²) in [5.41, 5.74) is 1.07. The molecule has 0 bridgehead atoms. The summed E-state index contributed by atoms with van der Waals surface area (Å²) in [6.07, 6.45) is 0. The lowest BCUT2D eigenvalue weighted by molar-refractivity contribution is -0.113. The second-order valence-electron chi connectivity index (χ2n) is 8.73. The predicted octanol–water partition coefficient (Wildman–Crippen LogP) is 9.26. The molecule has 0 aliphatic rings. The highest BCUT2D eigenvalue weighted by molar-refractivity contribution is 8.00. The molecule has 13 heteroatoms. The zero-order valence-corrected chi connectivity index (χ0v) is 25.7. The number of carboxylic acids is 1. The molecule has 0 radical (unpaired) electrons. The first-order valence-electron chi connectivity index (χ1n) is 12.0. The van der Waals surface area contributed by atoms with Gasteiger partial charge in [0, 0.05) is 21.5 Å². The fourth-order valence-electron chi connectivity index (χ4n) is 4.02. The Morgan fingerprint density at radius 2 is 1.52 bits per heavy atom. The first-order valence-corrected chi connectivity index (χ1v) is 15.4. The molecule has 2 amide bonds. The Kier molecular flexibility index (Phi) is 9.27. The zero-order valence-electron chi connectivity index (χ0n) is 21.1. The summed E-state index contributed by atoms with van der Waals surface area (Å²) in [5.74, 6) is -2.51. The molecule has 0 spiro atoms. The number of thioether (sulfide) groups is 1. The predicted molar refractivity (Wildman–Crippen MR) is 172 cm³/mol. The topological polar surface area (TPSA) is 108 Å². The highest BCUT2D eigenvalue weighted by Crippen LogP contribution is 2.42. The van der Waals surface area contributed by atoms with Crippen LogP contribution in [-0.2, 0) is 4.79 Å². The molecule has 0 unspecified atom stereocenters. The van der Waals surface area contributed by atoms with Crippen molar-refractivity contribution in [2.45, 2.75) is 4.90 Å². The van der Waals surface area contributed by atoms with Gasteiger partial charge >= 0.3 is 5.97 Å². The normalized spacial score (nSPS) is 11.0. The van der Waals surface area contributed by atoms with Crippen LogP contribution in [0.3, 0.4) is 0 Å². The fraction of sp³-hybridized carbons (Fsp3) is 0.0345. The van der Waals surface area contributed by atoms with E-state index >= 15 is 0 Å². The second-order valence-corrected chi connectivity index (χ2v) is 12.1. The Hall–Kier alpha value is -3.31. The summed E-state index contributed by atoms with van der Waals surface area (Å²) in [5, 5.41) is 18.4. The molecule has 1 aromatic heterocycles. The maximum Gasteiger partial charge on any atom is 0.338 e. The van der Waals surface area contributed by atoms with Gasteiger partial charge in [-0.05, 0) is 35.0 Å². The smallest absolute Gasteiger partial charge is 0.338 e. The number of fused-ring (bicyclic) bond motifs is 1. The number of carbonyl (C=O) groups is 3. The number of anilines is 2. The van der Waals surface area contributed by atoms with Crippen LogP contribution >= 0.6 is 69.5 Å². The Balaban J connectivity index is 1.23. The molecular weight excluding hydrogens is 660 g/mol. The lowest BCUT2D eigenvalue weighted by atomic mass is 10.1. The SMILES string of the molecule is O=C(CSc1cccc(NC(=O)c2c(Cl)c(Cl)c(Cl)c(Cl)c2C(=O)O)c1)Nc1nc(-c2ccc3ccccc3c2)cs1. The first kappa shape index (κ1) is 30.2. The molecular formula is C29H17Cl4N3O4S2. The van der Waals surface area contributed by atoms with Gasteiger partial charge in [0.15, 0.2) is 5.13 Å². The summed E-state index contributed by atoms with van der Waals surface area (Å²) in [4.78, 5) is 42.7. The van der Waals surface area contributed by atoms with Crippen LogP contribution in [0, 0.1) is 0 Å². The summed E-state index contributed by atoms with van der Waals surface area (Å²) in [6.45, 7) is 0. The lowest BCUT2D eigenvalue weighted by Gasteiger charge is -2.14. The monoisotopic (exact) mass is 675 g/mol. The van der Waals surface area contributed by atoms with Crippen LogP contribution in [0.4, 0.5) is 10.8 Å². The molecule has 0 fully saturated rings. The summed E-state index contributed by atoms with van der Waals surface area (Å²) >= 11 is 26.8. The van der Waals surface area contributed by atoms with E-state index < -0.39 is 28.0 Å². The number of carbonyl (C=O) groups excluding carboxylic acids is 2. The van der Waals surface area contributed by atoms with Crippen molar-refractivity contribution in [3.05, 3.63) is 103 Å². The van der Waals surface area contributed by atoms with Gasteiger partial charge in [0.05, 0.1) is 42.7 Å². The molecule has 42 heavy (non-hydrogen) atoms. The Morgan fingerprint density at radius 3 is 2.26 bits per heavy atom. The van der Waals surface area contributed by atoms with Gasteiger partial charge in [-0.15, -0.1) is 23.1 Å². The number of nitrogens with one attached hydrogen (secondary N) is 2. The minimum Gasteiger partial charge on any atom is -0.478 e. The van der Waals surface area contributed by atoms with E-state index in [0.29, 0.717) is 15.7 Å². The molecule has 212 valence electrons. The zero-order chi connectivity index (χ0) is 30.0. The van der Waals surface area contributed by atoms with Gasteiger partial charge in [-0.2, -0.15) is 0 Å². The van der Waals surface area contributed by atoms with Gasteiger partial charge in [0.25, 0.3) is 5.91 Å². The van der Waals surface area contributed by atoms with Crippen LogP contribution in [0.15, 0.2) is 77.0 Å². The number of benzene rings is 4. The third kappa shape index (κ3) is 6.52. The van der Waals surface area contributed by atoms with E-state index in [9.17, 15) is 19.5 Å². The van der Waals surface area contributed by atoms with Gasteiger partial charge < -0.3 is 15.7 Å². The number of aromatic carboxylic acids is 1. The number of carboxylic acid groups (broad SMARTS) is 1. The number of amides is 2. The van der Waals surface area contributed by atoms with Crippen molar-refractivity contribution >= 4 is 109 Å². The van der Waals surface area contributed by atoms with Gasteiger partial charge in [-0.1, -0.05) is 88.9 Å². The lowest BCUT2D eigenvalue weighted by Crippen LogP contribution is -2.18. The van der Waals surface area contributed by atoms with Crippen molar-refractivity contribution in [1.29, 1.82) is 0 Å². The van der Waals surface area contributed by atoms with Crippen LogP contribution in [0.1, 0.15) is 20.7 Å². The van der Waals surface area contributed by atoms with E-state index in [1.807, 2.05) is 41.8 Å². The van der Waals surface area contributed by atoms with Crippen molar-refractivity contribution in [1.82, 2.24) is 4.98 Å². The van der Waals surface area contributed by atoms with E-state index in [2.05, 4.69) is 21.7 Å². The third-order valence-corrected chi connectivity index (χ3v) is 9.52. The maximum atomic E-state index is 13.0. The first-order chi connectivity index (χ1) is 20.1. The van der Waals surface area contributed by atoms with Crippen molar-refractivity contribution in [3.8, 4) is 11.3 Å². The van der Waals surface area contributed by atoms with Gasteiger partial charge in [0.2, 0.25) is 5.91 Å². The van der Waals surface area contributed by atoms with Crippen LogP contribution < -0.4 is 10.6 Å². The Morgan fingerprint density at radius 1 is 0.810 bits per heavy atom. The highest BCUT2D eigenvalue weighted by Gasteiger charge is 2.29. The molecule has 0 aliphatic heterocycles. The van der Waals surface area contributed by atoms with E-state index in [4.69, 9.17) is 46.4 Å². The molecule has 0 saturated heterocycles. The van der Waals surface area contributed by atoms with Crippen molar-refractivity contribution < 1.29 is 19.5 Å². The summed E-state index contributed by atoms with van der Waals surface area (Å²) in [7, 11) is 0. The molecule has 4 aromatic carbocycles. The highest BCUT2D eigenvalue weighted by atomic mass is 35.5. The average Bonchev–Trinajstić information content (AvgIpc) is 3.44. The maximum absolute atomic E-state index is 13.0. The van der Waals surface area contributed by atoms with E-state index in [1.54, 1.807) is 24.3 Å². The number of halogens is 4. The summed E-state index contributed by atoms with van der Waals surface area (Å²) in [6, 6.07) is 20.8. The minimum atomic E-state index is -1.49. The molecule has 1 heterocycles. The fourth-order valence-corrected chi connectivity index (χ4v) is 6.53. The molecule has 5 rings (SSSR count). The number of hydrogen-bond donors (Lipinski definition) is 3. The second kappa shape index (κ2) is 12.9. The minimum absolute atomic E-state index is 0.0830. The Bertz CT molecular complexity index is 1880. The van der Waals surface area contributed by atoms with Crippen LogP contribution in [0.5, 0.6) is 0 Å². The van der Waals surface area contributed by atoms with Crippen LogP contribution in [-0.4, -0.2) is 33.6 Å². The van der Waals surface area contributed by atoms with Gasteiger partial charge in [-0.25, -0.2) is 9.78 Å². The number of aromatic nitrogens is 1. The molecule has 0 saturated carbocycles. The average molecular weight is 677 g/mol. The van der Waals surface area contributed by atoms with Gasteiger partial charge in [-0.3, -0.25) is 9.59 Å². The number of thiazole rings is 1. The molecule has 3 N–H and O–H groups in total. The third-order valence-electron chi connectivity index (χ3n) is 5.97. The largest absolute Gasteiger partial charge is 0.478 e. The van der Waals surface area contributed by atoms with E-state index in [1.165, 1.54) is 23.1 Å². The quantitative estimate of drug-likeness (QED) is 0.0859. The number of hydrogen-bond acceptors (Lipinski definition) is 6. The standard InChI is InChI=1S/C29H17Cl4N3O4S2/c30-23-21(22(28(39)40)24(31)26(33)25(23)32)27(38)34-17-6-3-7-18(11-17)41-13-20(37)36-29-35-19(12-42-29)16-9-8-14-4-1-2-5-15(14)10-16/h1-12H,13H2,(H,34,38)(H,39,40)(H,35,36,37). The van der Waals surface area contributed by atoms with Crippen molar-refractivity contribution in [3.63, 3.8) is 0 Å². The van der Waals surface area contributed by atoms with E-state index in [0.717, 1.165) is 22.0 Å². The molecule has 5 aromatic rings. The van der Waals surface area contributed by atoms with Gasteiger partial charge in [0.1, 0.15) is 0 Å². The number of rotatable bonds is 8. The van der Waals surface area contributed by atoms with Crippen LogP contribution in [0.2, 0.25) is 20.1 Å². The van der Waals surface area contributed by atoms with E-state index in [-0.39, 0.29) is 26.7 Å². The molecule has 7 nitrogen and oxygen atoms in total. The Labute approximate surface area is 267 Å². The molecule has 0 aliphatic carbocycles. The van der Waals surface area contributed by atoms with Crippen LogP contribution in [0.25, 0.3) is 22.0 Å².